The number of pyridine rings is 1. The van der Waals surface area contributed by atoms with Crippen LogP contribution in [-0.4, -0.2) is 4.98 Å². The molecule has 0 fully saturated rings. The number of benzene rings is 4. The third-order valence-electron chi connectivity index (χ3n) is 6.66. The number of nitrogens with one attached hydrogen (secondary N) is 1. The van der Waals surface area contributed by atoms with E-state index in [0.717, 1.165) is 22.6 Å². The minimum absolute atomic E-state index is 0.990. The highest BCUT2D eigenvalue weighted by Crippen LogP contribution is 2.50. The van der Waals surface area contributed by atoms with E-state index in [4.69, 9.17) is 0 Å². The average Bonchev–Trinajstić information content (AvgIpc) is 3.23. The maximum Gasteiger partial charge on any atom is 0.0702 e. The zero-order chi connectivity index (χ0) is 21.9. The predicted octanol–water partition coefficient (Wildman–Crippen LogP) is 8.82. The molecular weight excluding hydrogens is 420 g/mol. The van der Waals surface area contributed by atoms with Crippen molar-refractivity contribution in [3.8, 4) is 33.5 Å². The SMILES string of the molecule is Cc1c2cc3c(sc4ccccc43)c1-c1cc(-c3ccccn3)ccc1Nc1ccccc1-2. The monoisotopic (exact) mass is 440 g/mol. The van der Waals surface area contributed by atoms with Gasteiger partial charge in [-0.1, -0.05) is 48.5 Å². The Bertz CT molecular complexity index is 1700. The van der Waals surface area contributed by atoms with Crippen molar-refractivity contribution in [3.63, 3.8) is 0 Å². The summed E-state index contributed by atoms with van der Waals surface area (Å²) >= 11 is 1.89. The number of hydrogen-bond donors (Lipinski definition) is 1. The molecule has 0 radical (unpaired) electrons. The van der Waals surface area contributed by atoms with Gasteiger partial charge in [0, 0.05) is 60.0 Å². The smallest absolute Gasteiger partial charge is 0.0702 e. The van der Waals surface area contributed by atoms with Crippen molar-refractivity contribution in [1.29, 1.82) is 0 Å². The number of nitrogens with zero attached hydrogens (tertiary/aromatic N) is 1. The Hall–Kier alpha value is -3.95. The van der Waals surface area contributed by atoms with E-state index in [0.29, 0.717) is 0 Å². The Balaban J connectivity index is 1.65. The molecule has 0 unspecified atom stereocenters. The molecule has 156 valence electrons. The number of fused-ring (bicyclic) bond motifs is 10. The first-order chi connectivity index (χ1) is 16.3. The second-order valence-electron chi connectivity index (χ2n) is 8.54. The van der Waals surface area contributed by atoms with Crippen LogP contribution in [0.3, 0.4) is 0 Å². The van der Waals surface area contributed by atoms with Crippen LogP contribution in [0.5, 0.6) is 0 Å². The van der Waals surface area contributed by atoms with Gasteiger partial charge in [0.15, 0.2) is 0 Å². The molecule has 2 nitrogen and oxygen atoms in total. The summed E-state index contributed by atoms with van der Waals surface area (Å²) in [7, 11) is 0. The van der Waals surface area contributed by atoms with Crippen LogP contribution in [0.15, 0.2) is 97.2 Å². The third-order valence-corrected chi connectivity index (χ3v) is 7.87. The highest BCUT2D eigenvalue weighted by molar-refractivity contribution is 7.26. The van der Waals surface area contributed by atoms with E-state index in [-0.39, 0.29) is 0 Å². The zero-order valence-electron chi connectivity index (χ0n) is 18.1. The Labute approximate surface area is 196 Å². The summed E-state index contributed by atoms with van der Waals surface area (Å²) in [5, 5.41) is 6.40. The van der Waals surface area contributed by atoms with Gasteiger partial charge in [0.25, 0.3) is 0 Å². The van der Waals surface area contributed by atoms with Crippen molar-refractivity contribution in [2.24, 2.45) is 0 Å². The van der Waals surface area contributed by atoms with Crippen molar-refractivity contribution < 1.29 is 0 Å². The number of anilines is 2. The number of aromatic nitrogens is 1. The van der Waals surface area contributed by atoms with Gasteiger partial charge in [-0.05, 0) is 60.5 Å². The van der Waals surface area contributed by atoms with E-state index in [2.05, 4.69) is 96.1 Å². The molecule has 1 N–H and O–H groups in total. The van der Waals surface area contributed by atoms with Crippen LogP contribution in [0.2, 0.25) is 0 Å². The van der Waals surface area contributed by atoms with Crippen LogP contribution in [0, 0.1) is 6.92 Å². The highest BCUT2D eigenvalue weighted by atomic mass is 32.1. The highest BCUT2D eigenvalue weighted by Gasteiger charge is 2.23. The molecule has 3 heteroatoms. The molecule has 7 rings (SSSR count). The van der Waals surface area contributed by atoms with Crippen LogP contribution in [0.4, 0.5) is 11.4 Å². The maximum atomic E-state index is 4.61. The van der Waals surface area contributed by atoms with Crippen LogP contribution in [0.25, 0.3) is 53.7 Å². The summed E-state index contributed by atoms with van der Waals surface area (Å²) in [4.78, 5) is 4.61. The number of thiophene rings is 1. The quantitative estimate of drug-likeness (QED) is 0.276. The second-order valence-corrected chi connectivity index (χ2v) is 9.60. The Morgan fingerprint density at radius 2 is 1.52 bits per heavy atom. The summed E-state index contributed by atoms with van der Waals surface area (Å²) < 4.78 is 2.67. The number of para-hydroxylation sites is 1. The van der Waals surface area contributed by atoms with Crippen molar-refractivity contribution in [2.45, 2.75) is 6.92 Å². The molecule has 33 heavy (non-hydrogen) atoms. The molecule has 0 atom stereocenters. The van der Waals surface area contributed by atoms with Gasteiger partial charge in [-0.25, -0.2) is 0 Å². The maximum absolute atomic E-state index is 4.61. The van der Waals surface area contributed by atoms with E-state index in [1.807, 2.05) is 29.7 Å². The number of rotatable bonds is 1. The van der Waals surface area contributed by atoms with E-state index in [1.165, 1.54) is 48.0 Å². The molecule has 0 saturated carbocycles. The van der Waals surface area contributed by atoms with Crippen molar-refractivity contribution in [2.75, 3.05) is 5.32 Å². The molecule has 0 saturated heterocycles. The first kappa shape index (κ1) is 18.6. The van der Waals surface area contributed by atoms with E-state index in [9.17, 15) is 0 Å². The van der Waals surface area contributed by atoms with Crippen LogP contribution in [-0.2, 0) is 0 Å². The lowest BCUT2D eigenvalue weighted by Gasteiger charge is -2.24. The molecule has 2 bridgehead atoms. The summed E-state index contributed by atoms with van der Waals surface area (Å²) in [6.07, 6.45) is 1.86. The lowest BCUT2D eigenvalue weighted by Crippen LogP contribution is -2.02. The number of hydrogen-bond acceptors (Lipinski definition) is 3. The van der Waals surface area contributed by atoms with Crippen molar-refractivity contribution in [3.05, 3.63) is 103 Å². The first-order valence-electron chi connectivity index (χ1n) is 11.1. The molecule has 6 aromatic rings. The lowest BCUT2D eigenvalue weighted by atomic mass is 9.87. The molecule has 1 aliphatic heterocycles. The lowest BCUT2D eigenvalue weighted by molar-refractivity contribution is 1.32. The molecule has 3 heterocycles. The Kier molecular flexibility index (Phi) is 3.96. The standard InChI is InChI=1S/C30H20N2S/c1-18-22-17-23-21-9-3-5-12-28(21)33-30(23)29(18)24-16-19(25-10-6-7-15-31-25)13-14-27(24)32-26-11-4-2-8-20(22)26/h2-17,32H,1H3. The van der Waals surface area contributed by atoms with Gasteiger partial charge < -0.3 is 5.32 Å². The molecular formula is C30H20N2S. The van der Waals surface area contributed by atoms with Gasteiger partial charge in [-0.3, -0.25) is 4.98 Å². The predicted molar refractivity (Wildman–Crippen MR) is 141 cm³/mol. The van der Waals surface area contributed by atoms with Gasteiger partial charge >= 0.3 is 0 Å². The summed E-state index contributed by atoms with van der Waals surface area (Å²) in [5.74, 6) is 0. The molecule has 0 aliphatic carbocycles. The van der Waals surface area contributed by atoms with Gasteiger partial charge in [0.1, 0.15) is 0 Å². The Morgan fingerprint density at radius 3 is 2.42 bits per heavy atom. The van der Waals surface area contributed by atoms with Gasteiger partial charge in [0.05, 0.1) is 5.69 Å². The summed E-state index contributed by atoms with van der Waals surface area (Å²) in [5.41, 5.74) is 10.8. The van der Waals surface area contributed by atoms with Gasteiger partial charge in [-0.15, -0.1) is 11.3 Å². The fourth-order valence-corrected chi connectivity index (χ4v) is 6.38. The first-order valence-corrected chi connectivity index (χ1v) is 12.0. The van der Waals surface area contributed by atoms with E-state index >= 15 is 0 Å². The van der Waals surface area contributed by atoms with Gasteiger partial charge in [0.2, 0.25) is 0 Å². The normalized spacial score (nSPS) is 12.0. The molecule has 4 aromatic carbocycles. The van der Waals surface area contributed by atoms with Crippen molar-refractivity contribution >= 4 is 42.9 Å². The molecule has 0 amide bonds. The van der Waals surface area contributed by atoms with Crippen molar-refractivity contribution in [1.82, 2.24) is 4.98 Å². The zero-order valence-corrected chi connectivity index (χ0v) is 18.9. The summed E-state index contributed by atoms with van der Waals surface area (Å²) in [6.45, 7) is 2.27. The van der Waals surface area contributed by atoms with E-state index in [1.54, 1.807) is 0 Å². The topological polar surface area (TPSA) is 24.9 Å². The molecule has 2 aromatic heterocycles. The summed E-state index contributed by atoms with van der Waals surface area (Å²) in [6, 6.07) is 32.5. The van der Waals surface area contributed by atoms with E-state index < -0.39 is 0 Å². The Morgan fingerprint density at radius 1 is 0.697 bits per heavy atom. The molecule has 1 aliphatic rings. The minimum atomic E-state index is 0.990. The average molecular weight is 441 g/mol. The fraction of sp³-hybridized carbons (Fsp3) is 0.0333. The minimum Gasteiger partial charge on any atom is -0.355 e. The van der Waals surface area contributed by atoms with Crippen LogP contribution in [0.1, 0.15) is 5.56 Å². The molecule has 0 spiro atoms. The van der Waals surface area contributed by atoms with Crippen LogP contribution < -0.4 is 5.32 Å². The fourth-order valence-electron chi connectivity index (χ4n) is 5.08. The van der Waals surface area contributed by atoms with Crippen LogP contribution >= 0.6 is 11.3 Å². The second kappa shape index (κ2) is 7.03. The third kappa shape index (κ3) is 2.76. The van der Waals surface area contributed by atoms with Gasteiger partial charge in [-0.2, -0.15) is 0 Å². The largest absolute Gasteiger partial charge is 0.355 e.